The van der Waals surface area contributed by atoms with Gasteiger partial charge in [-0.1, -0.05) is 6.07 Å². The fourth-order valence-corrected chi connectivity index (χ4v) is 3.32. The van der Waals surface area contributed by atoms with E-state index in [2.05, 4.69) is 32.3 Å². The van der Waals surface area contributed by atoms with E-state index in [9.17, 15) is 0 Å². The highest BCUT2D eigenvalue weighted by molar-refractivity contribution is 5.96. The monoisotopic (exact) mass is 377 g/mol. The number of aryl methyl sites for hydroxylation is 1. The van der Waals surface area contributed by atoms with Crippen LogP contribution in [0.3, 0.4) is 0 Å². The van der Waals surface area contributed by atoms with Gasteiger partial charge < -0.3 is 20.4 Å². The maximum atomic E-state index is 8.02. The average Bonchev–Trinajstić information content (AvgIpc) is 3.21. The van der Waals surface area contributed by atoms with E-state index in [1.807, 2.05) is 37.4 Å². The van der Waals surface area contributed by atoms with Crippen molar-refractivity contribution < 1.29 is 4.74 Å². The number of ether oxygens (including phenoxy) is 1. The van der Waals surface area contributed by atoms with Crippen LogP contribution in [0.5, 0.6) is 0 Å². The van der Waals surface area contributed by atoms with Crippen molar-refractivity contribution in [1.82, 2.24) is 20.2 Å². The molecule has 3 aromatic heterocycles. The Morgan fingerprint density at radius 3 is 2.93 bits per heavy atom. The van der Waals surface area contributed by atoms with Crippen molar-refractivity contribution in [3.05, 3.63) is 47.9 Å². The topological polar surface area (TPSA) is 103 Å². The van der Waals surface area contributed by atoms with Crippen molar-refractivity contribution in [2.24, 2.45) is 0 Å². The Morgan fingerprint density at radius 2 is 2.25 bits per heavy atom. The number of nitrogens with zero attached hydrogens (tertiary/aromatic N) is 4. The van der Waals surface area contributed by atoms with Gasteiger partial charge in [0.2, 0.25) is 0 Å². The molecule has 0 aromatic carbocycles. The Kier molecular flexibility index (Phi) is 5.03. The summed E-state index contributed by atoms with van der Waals surface area (Å²) in [5, 5.41) is 18.1. The van der Waals surface area contributed by atoms with Crippen LogP contribution < -0.4 is 10.2 Å². The second kappa shape index (κ2) is 7.77. The van der Waals surface area contributed by atoms with Crippen LogP contribution >= 0.6 is 0 Å². The Morgan fingerprint density at radius 1 is 1.36 bits per heavy atom. The zero-order valence-corrected chi connectivity index (χ0v) is 15.9. The highest BCUT2D eigenvalue weighted by Crippen LogP contribution is 2.33. The van der Waals surface area contributed by atoms with Crippen LogP contribution in [0.4, 0.5) is 17.5 Å². The quantitative estimate of drug-likeness (QED) is 0.590. The highest BCUT2D eigenvalue weighted by Gasteiger charge is 2.23. The number of rotatable bonds is 5. The minimum absolute atomic E-state index is 0.219. The summed E-state index contributed by atoms with van der Waals surface area (Å²) in [6.07, 6.45) is 4.84. The predicted molar refractivity (Wildman–Crippen MR) is 110 cm³/mol. The molecule has 0 unspecified atom stereocenters. The number of aromatic amines is 1. The molecule has 0 aliphatic carbocycles. The number of pyridine rings is 2. The lowest BCUT2D eigenvalue weighted by atomic mass is 10.0. The van der Waals surface area contributed by atoms with Gasteiger partial charge in [0.05, 0.1) is 25.5 Å². The minimum atomic E-state index is 0.219. The first-order chi connectivity index (χ1) is 13.7. The van der Waals surface area contributed by atoms with Gasteiger partial charge in [0.15, 0.2) is 0 Å². The zero-order valence-electron chi connectivity index (χ0n) is 15.9. The van der Waals surface area contributed by atoms with Crippen LogP contribution in [-0.2, 0) is 4.74 Å². The SMILES string of the molecule is Cc1ccc(-c2cc(N3CCOC[C@H]3C)nc(Nc3ccn[nH]3)c2C=N)cn1. The molecule has 1 aliphatic heterocycles. The molecule has 28 heavy (non-hydrogen) atoms. The lowest BCUT2D eigenvalue weighted by molar-refractivity contribution is 0.0985. The first-order valence-electron chi connectivity index (χ1n) is 9.25. The van der Waals surface area contributed by atoms with Gasteiger partial charge in [0.1, 0.15) is 17.5 Å². The van der Waals surface area contributed by atoms with Gasteiger partial charge in [-0.05, 0) is 31.5 Å². The van der Waals surface area contributed by atoms with Crippen LogP contribution in [0.2, 0.25) is 0 Å². The Hall–Kier alpha value is -3.26. The number of anilines is 3. The number of H-pyrrole nitrogens is 1. The molecule has 4 rings (SSSR count). The molecular weight excluding hydrogens is 354 g/mol. The molecule has 0 amide bonds. The fourth-order valence-electron chi connectivity index (χ4n) is 3.32. The number of aromatic nitrogens is 4. The van der Waals surface area contributed by atoms with Crippen molar-refractivity contribution >= 4 is 23.7 Å². The van der Waals surface area contributed by atoms with Gasteiger partial charge in [0, 0.05) is 41.8 Å². The third-order valence-electron chi connectivity index (χ3n) is 4.83. The molecule has 144 valence electrons. The van der Waals surface area contributed by atoms with E-state index in [-0.39, 0.29) is 6.04 Å². The third kappa shape index (κ3) is 3.59. The summed E-state index contributed by atoms with van der Waals surface area (Å²) in [5.74, 6) is 2.17. The number of morpholine rings is 1. The zero-order chi connectivity index (χ0) is 19.5. The largest absolute Gasteiger partial charge is 0.377 e. The summed E-state index contributed by atoms with van der Waals surface area (Å²) >= 11 is 0. The lowest BCUT2D eigenvalue weighted by Gasteiger charge is -2.35. The van der Waals surface area contributed by atoms with Crippen LogP contribution in [0.25, 0.3) is 11.1 Å². The van der Waals surface area contributed by atoms with E-state index in [1.165, 1.54) is 6.21 Å². The van der Waals surface area contributed by atoms with Crippen molar-refractivity contribution in [1.29, 1.82) is 5.41 Å². The molecule has 1 aliphatic rings. The summed E-state index contributed by atoms with van der Waals surface area (Å²) in [6, 6.07) is 8.08. The molecule has 8 heteroatoms. The highest BCUT2D eigenvalue weighted by atomic mass is 16.5. The van der Waals surface area contributed by atoms with E-state index in [4.69, 9.17) is 15.1 Å². The first kappa shape index (κ1) is 18.1. The molecule has 4 heterocycles. The summed E-state index contributed by atoms with van der Waals surface area (Å²) < 4.78 is 5.58. The fraction of sp³-hybridized carbons (Fsp3) is 0.300. The normalized spacial score (nSPS) is 16.8. The molecule has 3 N–H and O–H groups in total. The molecular formula is C20H23N7O. The number of hydrogen-bond acceptors (Lipinski definition) is 7. The molecule has 0 bridgehead atoms. The van der Waals surface area contributed by atoms with Crippen molar-refractivity contribution in [3.63, 3.8) is 0 Å². The smallest absolute Gasteiger partial charge is 0.143 e. The molecule has 1 fully saturated rings. The average molecular weight is 377 g/mol. The minimum Gasteiger partial charge on any atom is -0.377 e. The summed E-state index contributed by atoms with van der Waals surface area (Å²) in [5.41, 5.74) is 3.51. The number of nitrogens with one attached hydrogen (secondary N) is 3. The Bertz CT molecular complexity index is 953. The molecule has 0 saturated carbocycles. The third-order valence-corrected chi connectivity index (χ3v) is 4.83. The molecule has 0 radical (unpaired) electrons. The summed E-state index contributed by atoms with van der Waals surface area (Å²) in [6.45, 7) is 6.19. The maximum absolute atomic E-state index is 8.02. The van der Waals surface area contributed by atoms with Gasteiger partial charge in [-0.15, -0.1) is 0 Å². The molecule has 3 aromatic rings. The summed E-state index contributed by atoms with van der Waals surface area (Å²) in [4.78, 5) is 11.5. The maximum Gasteiger partial charge on any atom is 0.143 e. The van der Waals surface area contributed by atoms with E-state index in [0.717, 1.165) is 35.0 Å². The number of hydrogen-bond donors (Lipinski definition) is 3. The van der Waals surface area contributed by atoms with Crippen LogP contribution in [0.15, 0.2) is 36.7 Å². The Balaban J connectivity index is 1.85. The van der Waals surface area contributed by atoms with Gasteiger partial charge in [-0.25, -0.2) is 4.98 Å². The van der Waals surface area contributed by atoms with Gasteiger partial charge in [-0.2, -0.15) is 5.10 Å². The van der Waals surface area contributed by atoms with Crippen molar-refractivity contribution in [2.75, 3.05) is 30.0 Å². The van der Waals surface area contributed by atoms with Crippen molar-refractivity contribution in [3.8, 4) is 11.1 Å². The molecule has 8 nitrogen and oxygen atoms in total. The van der Waals surface area contributed by atoms with Gasteiger partial charge in [0.25, 0.3) is 0 Å². The van der Waals surface area contributed by atoms with Crippen LogP contribution in [0, 0.1) is 12.3 Å². The van der Waals surface area contributed by atoms with E-state index in [1.54, 1.807) is 6.20 Å². The second-order valence-corrected chi connectivity index (χ2v) is 6.84. The molecule has 1 saturated heterocycles. The first-order valence-corrected chi connectivity index (χ1v) is 9.25. The van der Waals surface area contributed by atoms with Crippen molar-refractivity contribution in [2.45, 2.75) is 19.9 Å². The molecule has 0 spiro atoms. The van der Waals surface area contributed by atoms with Crippen LogP contribution in [-0.4, -0.2) is 52.2 Å². The van der Waals surface area contributed by atoms with Gasteiger partial charge in [-0.3, -0.25) is 10.1 Å². The van der Waals surface area contributed by atoms with Crippen LogP contribution in [0.1, 0.15) is 18.2 Å². The lowest BCUT2D eigenvalue weighted by Crippen LogP contribution is -2.44. The Labute approximate surface area is 163 Å². The predicted octanol–water partition coefficient (Wildman–Crippen LogP) is 3.14. The summed E-state index contributed by atoms with van der Waals surface area (Å²) in [7, 11) is 0. The van der Waals surface area contributed by atoms with E-state index in [0.29, 0.717) is 24.6 Å². The standard InChI is InChI=1S/C20H23N7O/c1-13-3-4-15(11-22-13)16-9-19(27-7-8-28-12-14(27)2)25-20(17(16)10-21)24-18-5-6-23-26-18/h3-6,9-11,14,21H,7-8,12H2,1-2H3,(H2,23,24,25,26)/t14-/m1/s1. The van der Waals surface area contributed by atoms with E-state index < -0.39 is 0 Å². The van der Waals surface area contributed by atoms with E-state index >= 15 is 0 Å². The molecule has 1 atom stereocenters. The van der Waals surface area contributed by atoms with Gasteiger partial charge >= 0.3 is 0 Å². The second-order valence-electron chi connectivity index (χ2n) is 6.84.